The van der Waals surface area contributed by atoms with Gasteiger partial charge in [0.2, 0.25) is 5.91 Å². The minimum Gasteiger partial charge on any atom is -0.355 e. The van der Waals surface area contributed by atoms with Gasteiger partial charge in [-0.05, 0) is 23.8 Å². The maximum absolute atomic E-state index is 10.6. The first-order valence-corrected chi connectivity index (χ1v) is 5.74. The molecule has 1 amide bonds. The molecular weight excluding hydrogens is 247 g/mol. The van der Waals surface area contributed by atoms with Crippen LogP contribution in [0.3, 0.4) is 0 Å². The first-order valence-electron chi connectivity index (χ1n) is 4.98. The zero-order valence-electron chi connectivity index (χ0n) is 9.02. The number of carbonyl (C=O) groups excluding carboxylic acids is 1. The number of benzene rings is 1. The molecule has 0 aliphatic carbocycles. The van der Waals surface area contributed by atoms with E-state index in [1.54, 1.807) is 12.1 Å². The zero-order valence-corrected chi connectivity index (χ0v) is 10.5. The van der Waals surface area contributed by atoms with Crippen molar-refractivity contribution in [2.45, 2.75) is 13.5 Å². The van der Waals surface area contributed by atoms with Gasteiger partial charge < -0.3 is 10.6 Å². The molecule has 0 radical (unpaired) electrons. The summed E-state index contributed by atoms with van der Waals surface area (Å²) in [6.07, 6.45) is 0. The molecule has 16 heavy (non-hydrogen) atoms. The highest BCUT2D eigenvalue weighted by Gasteiger charge is 2.00. The van der Waals surface area contributed by atoms with E-state index in [4.69, 9.17) is 23.2 Å². The van der Waals surface area contributed by atoms with Crippen molar-refractivity contribution < 1.29 is 4.79 Å². The van der Waals surface area contributed by atoms with E-state index in [9.17, 15) is 4.79 Å². The van der Waals surface area contributed by atoms with Gasteiger partial charge in [0.05, 0.1) is 0 Å². The quantitative estimate of drug-likeness (QED) is 0.798. The van der Waals surface area contributed by atoms with Crippen LogP contribution < -0.4 is 10.6 Å². The van der Waals surface area contributed by atoms with Crippen molar-refractivity contribution in [2.24, 2.45) is 0 Å². The molecule has 2 N–H and O–H groups in total. The van der Waals surface area contributed by atoms with Crippen molar-refractivity contribution in [3.63, 3.8) is 0 Å². The fourth-order valence-electron chi connectivity index (χ4n) is 1.23. The Balaban J connectivity index is 2.31. The Morgan fingerprint density at radius 1 is 1.31 bits per heavy atom. The Kier molecular flexibility index (Phi) is 5.60. The molecule has 0 heterocycles. The van der Waals surface area contributed by atoms with Crippen LogP contribution in [-0.2, 0) is 11.3 Å². The van der Waals surface area contributed by atoms with Crippen LogP contribution in [0.5, 0.6) is 0 Å². The summed E-state index contributed by atoms with van der Waals surface area (Å²) in [5, 5.41) is 7.23. The third-order valence-electron chi connectivity index (χ3n) is 2.00. The smallest absolute Gasteiger partial charge is 0.216 e. The third-order valence-corrected chi connectivity index (χ3v) is 2.60. The van der Waals surface area contributed by atoms with Crippen molar-refractivity contribution >= 4 is 29.1 Å². The van der Waals surface area contributed by atoms with E-state index in [1.165, 1.54) is 6.92 Å². The molecular formula is C11H14Cl2N2O. The van der Waals surface area contributed by atoms with Gasteiger partial charge in [0.1, 0.15) is 0 Å². The van der Waals surface area contributed by atoms with E-state index in [0.29, 0.717) is 29.7 Å². The van der Waals surface area contributed by atoms with Crippen LogP contribution in [0.4, 0.5) is 0 Å². The van der Waals surface area contributed by atoms with E-state index in [2.05, 4.69) is 10.6 Å². The summed E-state index contributed by atoms with van der Waals surface area (Å²) in [4.78, 5) is 10.6. The van der Waals surface area contributed by atoms with Crippen LogP contribution in [0.25, 0.3) is 0 Å². The van der Waals surface area contributed by atoms with Crippen LogP contribution in [0, 0.1) is 0 Å². The van der Waals surface area contributed by atoms with Crippen molar-refractivity contribution in [1.29, 1.82) is 0 Å². The van der Waals surface area contributed by atoms with Crippen LogP contribution in [0.2, 0.25) is 10.0 Å². The van der Waals surface area contributed by atoms with Crippen LogP contribution in [-0.4, -0.2) is 19.0 Å². The molecule has 1 aromatic carbocycles. The number of carbonyl (C=O) groups is 1. The van der Waals surface area contributed by atoms with Crippen LogP contribution in [0.15, 0.2) is 18.2 Å². The lowest BCUT2D eigenvalue weighted by Crippen LogP contribution is -2.29. The minimum atomic E-state index is -0.0254. The van der Waals surface area contributed by atoms with E-state index in [1.807, 2.05) is 6.07 Å². The van der Waals surface area contributed by atoms with Crippen molar-refractivity contribution in [2.75, 3.05) is 13.1 Å². The highest BCUT2D eigenvalue weighted by molar-refractivity contribution is 6.33. The molecule has 88 valence electrons. The van der Waals surface area contributed by atoms with Gasteiger partial charge >= 0.3 is 0 Å². The molecule has 1 rings (SSSR count). The first kappa shape index (κ1) is 13.3. The molecule has 0 aromatic heterocycles. The molecule has 0 spiro atoms. The van der Waals surface area contributed by atoms with Crippen molar-refractivity contribution in [3.05, 3.63) is 33.8 Å². The van der Waals surface area contributed by atoms with Gasteiger partial charge in [-0.15, -0.1) is 0 Å². The standard InChI is InChI=1S/C11H14Cl2N2O/c1-8(16)15-5-4-14-7-9-6-10(12)2-3-11(9)13/h2-3,6,14H,4-5,7H2,1H3,(H,15,16). The Bertz CT molecular complexity index is 369. The van der Waals surface area contributed by atoms with Gasteiger partial charge in [-0.25, -0.2) is 0 Å². The minimum absolute atomic E-state index is 0.0254. The highest BCUT2D eigenvalue weighted by atomic mass is 35.5. The Labute approximate surface area is 105 Å². The van der Waals surface area contributed by atoms with Gasteiger partial charge in [0.25, 0.3) is 0 Å². The van der Waals surface area contributed by atoms with Gasteiger partial charge in [-0.3, -0.25) is 4.79 Å². The maximum Gasteiger partial charge on any atom is 0.216 e. The fraction of sp³-hybridized carbons (Fsp3) is 0.364. The van der Waals surface area contributed by atoms with E-state index < -0.39 is 0 Å². The molecule has 1 aromatic rings. The van der Waals surface area contributed by atoms with Crippen molar-refractivity contribution in [1.82, 2.24) is 10.6 Å². The van der Waals surface area contributed by atoms with E-state index in [-0.39, 0.29) is 5.91 Å². The Morgan fingerprint density at radius 3 is 2.75 bits per heavy atom. The largest absolute Gasteiger partial charge is 0.355 e. The zero-order chi connectivity index (χ0) is 12.0. The highest BCUT2D eigenvalue weighted by Crippen LogP contribution is 2.20. The lowest BCUT2D eigenvalue weighted by atomic mass is 10.2. The predicted octanol–water partition coefficient (Wildman–Crippen LogP) is 2.22. The number of nitrogens with one attached hydrogen (secondary N) is 2. The first-order chi connectivity index (χ1) is 7.59. The summed E-state index contributed by atoms with van der Waals surface area (Å²) in [5.41, 5.74) is 0.956. The molecule has 5 heteroatoms. The Hall–Kier alpha value is -0.770. The van der Waals surface area contributed by atoms with E-state index in [0.717, 1.165) is 5.56 Å². The normalized spacial score (nSPS) is 10.2. The second kappa shape index (κ2) is 6.74. The SMILES string of the molecule is CC(=O)NCCNCc1cc(Cl)ccc1Cl. The molecule has 0 saturated carbocycles. The molecule has 3 nitrogen and oxygen atoms in total. The molecule has 0 bridgehead atoms. The maximum atomic E-state index is 10.6. The molecule has 0 aliphatic rings. The average Bonchev–Trinajstić information content (AvgIpc) is 2.22. The number of hydrogen-bond acceptors (Lipinski definition) is 2. The summed E-state index contributed by atoms with van der Waals surface area (Å²) < 4.78 is 0. The van der Waals surface area contributed by atoms with Gasteiger partial charge in [-0.2, -0.15) is 0 Å². The monoisotopic (exact) mass is 260 g/mol. The lowest BCUT2D eigenvalue weighted by molar-refractivity contribution is -0.118. The van der Waals surface area contributed by atoms with E-state index >= 15 is 0 Å². The second-order valence-electron chi connectivity index (χ2n) is 3.40. The van der Waals surface area contributed by atoms with Gasteiger partial charge in [-0.1, -0.05) is 23.2 Å². The summed E-state index contributed by atoms with van der Waals surface area (Å²) in [6, 6.07) is 5.36. The van der Waals surface area contributed by atoms with Crippen LogP contribution in [0.1, 0.15) is 12.5 Å². The summed E-state index contributed by atoms with van der Waals surface area (Å²) in [5.74, 6) is -0.0254. The van der Waals surface area contributed by atoms with Gasteiger partial charge in [0, 0.05) is 36.6 Å². The number of rotatable bonds is 5. The summed E-state index contributed by atoms with van der Waals surface area (Å²) in [6.45, 7) is 3.43. The average molecular weight is 261 g/mol. The number of amides is 1. The second-order valence-corrected chi connectivity index (χ2v) is 4.24. The summed E-state index contributed by atoms with van der Waals surface area (Å²) >= 11 is 11.8. The van der Waals surface area contributed by atoms with Crippen molar-refractivity contribution in [3.8, 4) is 0 Å². The topological polar surface area (TPSA) is 41.1 Å². The molecule has 0 aliphatic heterocycles. The van der Waals surface area contributed by atoms with Gasteiger partial charge in [0.15, 0.2) is 0 Å². The predicted molar refractivity (Wildman–Crippen MR) is 66.9 cm³/mol. The number of hydrogen-bond donors (Lipinski definition) is 2. The fourth-order valence-corrected chi connectivity index (χ4v) is 1.61. The molecule has 0 fully saturated rings. The van der Waals surface area contributed by atoms with Crippen LogP contribution >= 0.6 is 23.2 Å². The summed E-state index contributed by atoms with van der Waals surface area (Å²) in [7, 11) is 0. The lowest BCUT2D eigenvalue weighted by Gasteiger charge is -2.07. The number of halogens is 2. The molecule has 0 unspecified atom stereocenters. The molecule has 0 saturated heterocycles. The third kappa shape index (κ3) is 4.84. The Morgan fingerprint density at radius 2 is 2.06 bits per heavy atom. The molecule has 0 atom stereocenters.